The van der Waals surface area contributed by atoms with E-state index in [1.165, 1.54) is 5.56 Å². The third kappa shape index (κ3) is 4.88. The second-order valence-electron chi connectivity index (χ2n) is 8.35. The lowest BCUT2D eigenvalue weighted by Crippen LogP contribution is -2.33. The van der Waals surface area contributed by atoms with Crippen LogP contribution in [0.25, 0.3) is 11.1 Å². The van der Waals surface area contributed by atoms with Crippen LogP contribution in [0.15, 0.2) is 42.9 Å². The first-order valence-electron chi connectivity index (χ1n) is 11.0. The van der Waals surface area contributed by atoms with Crippen molar-refractivity contribution in [1.29, 1.82) is 0 Å². The van der Waals surface area contributed by atoms with Crippen molar-refractivity contribution in [3.8, 4) is 16.9 Å². The van der Waals surface area contributed by atoms with Crippen molar-refractivity contribution < 1.29 is 4.74 Å². The largest absolute Gasteiger partial charge is 0.497 e. The highest BCUT2D eigenvalue weighted by atomic mass is 16.5. The highest BCUT2D eigenvalue weighted by Gasteiger charge is 2.25. The quantitative estimate of drug-likeness (QED) is 0.579. The lowest BCUT2D eigenvalue weighted by atomic mass is 9.89. The number of aromatic nitrogens is 4. The van der Waals surface area contributed by atoms with Crippen LogP contribution in [-0.4, -0.2) is 58.9 Å². The Hall–Kier alpha value is -2.93. The predicted molar refractivity (Wildman–Crippen MR) is 124 cm³/mol. The van der Waals surface area contributed by atoms with Gasteiger partial charge in [0.1, 0.15) is 5.75 Å². The SMILES string of the molecule is CCn1cc(CN2CCC(c3nc(N(C)C)ncc3-c3ccc(OC)cc3)CC2)cn1. The molecule has 1 aliphatic rings. The standard InChI is InChI=1S/C24H32N6O/c1-5-30-17-18(14-26-30)16-29-12-10-20(11-13-29)23-22(15-25-24(27-23)28(2)3)19-6-8-21(31-4)9-7-19/h6-9,14-15,17,20H,5,10-13,16H2,1-4H3. The Bertz CT molecular complexity index is 990. The van der Waals surface area contributed by atoms with Crippen LogP contribution < -0.4 is 9.64 Å². The van der Waals surface area contributed by atoms with Crippen molar-refractivity contribution in [2.75, 3.05) is 39.2 Å². The van der Waals surface area contributed by atoms with Gasteiger partial charge in [0.25, 0.3) is 0 Å². The first kappa shape index (κ1) is 21.3. The summed E-state index contributed by atoms with van der Waals surface area (Å²) in [7, 11) is 5.67. The van der Waals surface area contributed by atoms with Crippen molar-refractivity contribution in [3.63, 3.8) is 0 Å². The lowest BCUT2D eigenvalue weighted by molar-refractivity contribution is 0.203. The minimum absolute atomic E-state index is 0.424. The number of anilines is 1. The van der Waals surface area contributed by atoms with Gasteiger partial charge in [0.2, 0.25) is 5.95 Å². The molecular weight excluding hydrogens is 388 g/mol. The average molecular weight is 421 g/mol. The number of piperidine rings is 1. The summed E-state index contributed by atoms with van der Waals surface area (Å²) in [4.78, 5) is 14.1. The summed E-state index contributed by atoms with van der Waals surface area (Å²) in [5.74, 6) is 2.05. The van der Waals surface area contributed by atoms with Crippen molar-refractivity contribution in [2.24, 2.45) is 0 Å². The van der Waals surface area contributed by atoms with Crippen LogP contribution in [0.5, 0.6) is 5.75 Å². The Balaban J connectivity index is 1.52. The molecule has 2 aromatic heterocycles. The third-order valence-electron chi connectivity index (χ3n) is 6.00. The molecule has 1 saturated heterocycles. The van der Waals surface area contributed by atoms with Gasteiger partial charge in [0, 0.05) is 56.6 Å². The summed E-state index contributed by atoms with van der Waals surface area (Å²) in [5.41, 5.74) is 4.70. The molecule has 0 N–H and O–H groups in total. The average Bonchev–Trinajstić information content (AvgIpc) is 3.27. The van der Waals surface area contributed by atoms with E-state index in [1.807, 2.05) is 48.2 Å². The Morgan fingerprint density at radius 3 is 2.45 bits per heavy atom. The fraction of sp³-hybridized carbons (Fsp3) is 0.458. The maximum Gasteiger partial charge on any atom is 0.225 e. The summed E-state index contributed by atoms with van der Waals surface area (Å²) in [6.45, 7) is 6.12. The van der Waals surface area contributed by atoms with Crippen LogP contribution >= 0.6 is 0 Å². The number of aryl methyl sites for hydroxylation is 1. The first-order chi connectivity index (χ1) is 15.1. The third-order valence-corrected chi connectivity index (χ3v) is 6.00. The van der Waals surface area contributed by atoms with E-state index in [0.29, 0.717) is 5.92 Å². The van der Waals surface area contributed by atoms with Crippen LogP contribution in [0.1, 0.15) is 36.9 Å². The number of likely N-dealkylation sites (tertiary alicyclic amines) is 1. The van der Waals surface area contributed by atoms with E-state index in [9.17, 15) is 0 Å². The maximum absolute atomic E-state index is 5.32. The molecule has 0 spiro atoms. The van der Waals surface area contributed by atoms with E-state index in [0.717, 1.165) is 67.5 Å². The lowest BCUT2D eigenvalue weighted by Gasteiger charge is -2.32. The van der Waals surface area contributed by atoms with Gasteiger partial charge in [-0.1, -0.05) is 12.1 Å². The molecule has 3 aromatic rings. The number of hydrogen-bond acceptors (Lipinski definition) is 6. The van der Waals surface area contributed by atoms with Gasteiger partial charge in [-0.25, -0.2) is 9.97 Å². The topological polar surface area (TPSA) is 59.3 Å². The predicted octanol–water partition coefficient (Wildman–Crippen LogP) is 3.81. The summed E-state index contributed by atoms with van der Waals surface area (Å²) >= 11 is 0. The van der Waals surface area contributed by atoms with Crippen LogP contribution in [0.4, 0.5) is 5.95 Å². The first-order valence-corrected chi connectivity index (χ1v) is 11.0. The van der Waals surface area contributed by atoms with E-state index in [4.69, 9.17) is 9.72 Å². The number of benzene rings is 1. The number of ether oxygens (including phenoxy) is 1. The smallest absolute Gasteiger partial charge is 0.225 e. The van der Waals surface area contributed by atoms with Gasteiger partial charge in [-0.05, 0) is 50.6 Å². The van der Waals surface area contributed by atoms with E-state index in [2.05, 4.69) is 40.2 Å². The molecule has 4 rings (SSSR count). The number of methoxy groups -OCH3 is 1. The van der Waals surface area contributed by atoms with Crippen molar-refractivity contribution in [1.82, 2.24) is 24.6 Å². The Morgan fingerprint density at radius 1 is 1.10 bits per heavy atom. The summed E-state index contributed by atoms with van der Waals surface area (Å²) in [6.07, 6.45) is 8.31. The van der Waals surface area contributed by atoms with Crippen molar-refractivity contribution in [3.05, 3.63) is 54.1 Å². The fourth-order valence-electron chi connectivity index (χ4n) is 4.19. The molecule has 0 unspecified atom stereocenters. The number of nitrogens with zero attached hydrogens (tertiary/aromatic N) is 6. The normalized spacial score (nSPS) is 15.2. The summed E-state index contributed by atoms with van der Waals surface area (Å²) in [6, 6.07) is 8.18. The van der Waals surface area contributed by atoms with Gasteiger partial charge in [-0.3, -0.25) is 9.58 Å². The summed E-state index contributed by atoms with van der Waals surface area (Å²) < 4.78 is 7.32. The molecular formula is C24H32N6O. The minimum Gasteiger partial charge on any atom is -0.497 e. The Morgan fingerprint density at radius 2 is 1.84 bits per heavy atom. The molecule has 31 heavy (non-hydrogen) atoms. The van der Waals surface area contributed by atoms with Crippen molar-refractivity contribution >= 4 is 5.95 Å². The second-order valence-corrected chi connectivity index (χ2v) is 8.35. The highest BCUT2D eigenvalue weighted by molar-refractivity contribution is 5.67. The second kappa shape index (κ2) is 9.47. The van der Waals surface area contributed by atoms with E-state index in [1.54, 1.807) is 7.11 Å². The zero-order chi connectivity index (χ0) is 21.8. The van der Waals surface area contributed by atoms with Gasteiger partial charge in [-0.15, -0.1) is 0 Å². The Labute approximate surface area is 184 Å². The van der Waals surface area contributed by atoms with E-state index in [-0.39, 0.29) is 0 Å². The van der Waals surface area contributed by atoms with Gasteiger partial charge in [0.05, 0.1) is 19.0 Å². The van der Waals surface area contributed by atoms with Crippen molar-refractivity contribution in [2.45, 2.75) is 38.8 Å². The molecule has 0 atom stereocenters. The minimum atomic E-state index is 0.424. The highest BCUT2D eigenvalue weighted by Crippen LogP contribution is 2.35. The zero-order valence-corrected chi connectivity index (χ0v) is 19.0. The molecule has 1 aromatic carbocycles. The molecule has 1 aliphatic heterocycles. The monoisotopic (exact) mass is 420 g/mol. The molecule has 7 nitrogen and oxygen atoms in total. The van der Waals surface area contributed by atoms with Gasteiger partial charge in [0.15, 0.2) is 0 Å². The molecule has 0 radical (unpaired) electrons. The molecule has 0 aliphatic carbocycles. The van der Waals surface area contributed by atoms with Crippen LogP contribution in [0.3, 0.4) is 0 Å². The molecule has 3 heterocycles. The van der Waals surface area contributed by atoms with Crippen LogP contribution in [0, 0.1) is 0 Å². The molecule has 1 fully saturated rings. The van der Waals surface area contributed by atoms with Gasteiger partial charge >= 0.3 is 0 Å². The zero-order valence-electron chi connectivity index (χ0n) is 19.0. The van der Waals surface area contributed by atoms with E-state index < -0.39 is 0 Å². The fourth-order valence-corrected chi connectivity index (χ4v) is 4.19. The molecule has 0 amide bonds. The number of rotatable bonds is 7. The molecule has 7 heteroatoms. The van der Waals surface area contributed by atoms with Gasteiger partial charge < -0.3 is 9.64 Å². The molecule has 164 valence electrons. The van der Waals surface area contributed by atoms with Crippen LogP contribution in [-0.2, 0) is 13.1 Å². The molecule has 0 saturated carbocycles. The summed E-state index contributed by atoms with van der Waals surface area (Å²) in [5, 5.41) is 4.41. The van der Waals surface area contributed by atoms with Crippen LogP contribution in [0.2, 0.25) is 0 Å². The van der Waals surface area contributed by atoms with Gasteiger partial charge in [-0.2, -0.15) is 5.10 Å². The molecule has 0 bridgehead atoms. The number of hydrogen-bond donors (Lipinski definition) is 0. The maximum atomic E-state index is 5.32. The van der Waals surface area contributed by atoms with E-state index >= 15 is 0 Å². The Kier molecular flexibility index (Phi) is 6.51.